The molecule has 180 valence electrons. The van der Waals surface area contributed by atoms with Crippen LogP contribution in [0.25, 0.3) is 11.1 Å². The van der Waals surface area contributed by atoms with Crippen LogP contribution in [0.3, 0.4) is 0 Å². The molecule has 3 aromatic rings. The number of hydrogen-bond donors (Lipinski definition) is 1. The first-order valence-electron chi connectivity index (χ1n) is 12.8. The summed E-state index contributed by atoms with van der Waals surface area (Å²) in [5, 5.41) is 14.4. The average molecular weight is 461 g/mol. The number of hydrogen-bond acceptors (Lipinski definition) is 4. The van der Waals surface area contributed by atoms with E-state index in [-0.39, 0.29) is 5.56 Å². The highest BCUT2D eigenvalue weighted by Crippen LogP contribution is 2.27. The Morgan fingerprint density at radius 1 is 1.06 bits per heavy atom. The molecule has 1 fully saturated rings. The predicted octanol–water partition coefficient (Wildman–Crippen LogP) is 6.33. The van der Waals surface area contributed by atoms with Crippen LogP contribution < -0.4 is 0 Å². The number of aromatic carboxylic acids is 1. The molecule has 0 spiro atoms. The number of carboxylic acid groups (broad SMARTS) is 1. The van der Waals surface area contributed by atoms with Gasteiger partial charge < -0.3 is 5.11 Å². The molecule has 0 atom stereocenters. The number of rotatable bonds is 11. The molecular formula is C28H36N4O2. The lowest BCUT2D eigenvalue weighted by Gasteiger charge is -2.20. The SMILES string of the molecule is CCCCCc1nc(CCC2CCCCC2)nn1Cc1ccc(-c2cnccc2C(=O)O)cc1. The van der Waals surface area contributed by atoms with Crippen molar-refractivity contribution in [3.8, 4) is 11.1 Å². The van der Waals surface area contributed by atoms with Gasteiger partial charge in [0.05, 0.1) is 12.1 Å². The molecule has 6 nitrogen and oxygen atoms in total. The summed E-state index contributed by atoms with van der Waals surface area (Å²) in [6.07, 6.45) is 16.6. The summed E-state index contributed by atoms with van der Waals surface area (Å²) in [6, 6.07) is 9.58. The zero-order valence-corrected chi connectivity index (χ0v) is 20.2. The van der Waals surface area contributed by atoms with E-state index in [1.54, 1.807) is 12.3 Å². The molecule has 0 saturated heterocycles. The third-order valence-electron chi connectivity index (χ3n) is 6.95. The van der Waals surface area contributed by atoms with Gasteiger partial charge in [0.1, 0.15) is 5.82 Å². The van der Waals surface area contributed by atoms with E-state index in [1.165, 1.54) is 57.6 Å². The van der Waals surface area contributed by atoms with Gasteiger partial charge in [-0.15, -0.1) is 0 Å². The Hall–Kier alpha value is -3.02. The minimum atomic E-state index is -0.943. The van der Waals surface area contributed by atoms with Crippen molar-refractivity contribution in [2.75, 3.05) is 0 Å². The van der Waals surface area contributed by atoms with Crippen LogP contribution in [0.5, 0.6) is 0 Å². The number of carboxylic acids is 1. The minimum Gasteiger partial charge on any atom is -0.478 e. The van der Waals surface area contributed by atoms with Crippen LogP contribution in [-0.2, 0) is 19.4 Å². The molecule has 4 rings (SSSR count). The summed E-state index contributed by atoms with van der Waals surface area (Å²) in [4.78, 5) is 20.6. The first kappa shape index (κ1) is 24.1. The zero-order chi connectivity index (χ0) is 23.8. The molecule has 1 saturated carbocycles. The lowest BCUT2D eigenvalue weighted by Crippen LogP contribution is -2.08. The van der Waals surface area contributed by atoms with Gasteiger partial charge in [-0.1, -0.05) is 76.1 Å². The van der Waals surface area contributed by atoms with Crippen LogP contribution >= 0.6 is 0 Å². The lowest BCUT2D eigenvalue weighted by atomic mass is 9.86. The van der Waals surface area contributed by atoms with Crippen molar-refractivity contribution in [2.24, 2.45) is 5.92 Å². The first-order valence-corrected chi connectivity index (χ1v) is 12.8. The van der Waals surface area contributed by atoms with Crippen LogP contribution in [0.15, 0.2) is 42.7 Å². The number of nitrogens with zero attached hydrogens (tertiary/aromatic N) is 4. The third kappa shape index (κ3) is 6.31. The van der Waals surface area contributed by atoms with Crippen molar-refractivity contribution in [3.63, 3.8) is 0 Å². The first-order chi connectivity index (χ1) is 16.6. The maximum Gasteiger partial charge on any atom is 0.336 e. The molecule has 0 aliphatic heterocycles. The number of carbonyl (C=O) groups is 1. The summed E-state index contributed by atoms with van der Waals surface area (Å²) in [5.74, 6) is 1.95. The van der Waals surface area contributed by atoms with Crippen LogP contribution in [0, 0.1) is 5.92 Å². The fraction of sp³-hybridized carbons (Fsp3) is 0.500. The van der Waals surface area contributed by atoms with Gasteiger partial charge in [0.25, 0.3) is 0 Å². The minimum absolute atomic E-state index is 0.264. The molecule has 0 amide bonds. The molecule has 34 heavy (non-hydrogen) atoms. The molecular weight excluding hydrogens is 424 g/mol. The van der Waals surface area contributed by atoms with Crippen molar-refractivity contribution in [2.45, 2.75) is 84.1 Å². The summed E-state index contributed by atoms with van der Waals surface area (Å²) in [5.41, 5.74) is 2.88. The van der Waals surface area contributed by atoms with Crippen molar-refractivity contribution < 1.29 is 9.90 Å². The molecule has 6 heteroatoms. The Kier molecular flexibility index (Phi) is 8.45. The van der Waals surface area contributed by atoms with Gasteiger partial charge in [-0.25, -0.2) is 14.5 Å². The monoisotopic (exact) mass is 460 g/mol. The molecule has 1 aliphatic carbocycles. The molecule has 0 radical (unpaired) electrons. The van der Waals surface area contributed by atoms with Gasteiger partial charge in [0.2, 0.25) is 0 Å². The summed E-state index contributed by atoms with van der Waals surface area (Å²) >= 11 is 0. The zero-order valence-electron chi connectivity index (χ0n) is 20.2. The Morgan fingerprint density at radius 3 is 2.59 bits per heavy atom. The van der Waals surface area contributed by atoms with Gasteiger partial charge >= 0.3 is 5.97 Å². The van der Waals surface area contributed by atoms with E-state index < -0.39 is 5.97 Å². The van der Waals surface area contributed by atoms with Crippen molar-refractivity contribution in [3.05, 3.63) is 65.5 Å². The Balaban J connectivity index is 1.47. The summed E-state index contributed by atoms with van der Waals surface area (Å²) < 4.78 is 2.08. The smallest absolute Gasteiger partial charge is 0.336 e. The van der Waals surface area contributed by atoms with Gasteiger partial charge in [-0.3, -0.25) is 4.98 Å². The van der Waals surface area contributed by atoms with Gasteiger partial charge in [0, 0.05) is 30.8 Å². The Morgan fingerprint density at radius 2 is 1.85 bits per heavy atom. The second-order valence-corrected chi connectivity index (χ2v) is 9.53. The van der Waals surface area contributed by atoms with Crippen LogP contribution in [0.2, 0.25) is 0 Å². The maximum absolute atomic E-state index is 11.6. The van der Waals surface area contributed by atoms with E-state index in [1.807, 2.05) is 24.3 Å². The molecule has 2 aromatic heterocycles. The van der Waals surface area contributed by atoms with E-state index in [0.29, 0.717) is 12.1 Å². The highest BCUT2D eigenvalue weighted by atomic mass is 16.4. The van der Waals surface area contributed by atoms with E-state index in [0.717, 1.165) is 48.0 Å². The van der Waals surface area contributed by atoms with E-state index in [2.05, 4.69) is 16.6 Å². The molecule has 1 aliphatic rings. The highest BCUT2D eigenvalue weighted by molar-refractivity contribution is 5.95. The van der Waals surface area contributed by atoms with Crippen LogP contribution in [0.1, 0.15) is 92.3 Å². The van der Waals surface area contributed by atoms with Gasteiger partial charge in [-0.2, -0.15) is 5.10 Å². The second kappa shape index (κ2) is 11.9. The number of aryl methyl sites for hydroxylation is 2. The lowest BCUT2D eigenvalue weighted by molar-refractivity contribution is 0.0697. The van der Waals surface area contributed by atoms with Crippen LogP contribution in [0.4, 0.5) is 0 Å². The van der Waals surface area contributed by atoms with Crippen molar-refractivity contribution >= 4 is 5.97 Å². The van der Waals surface area contributed by atoms with Crippen LogP contribution in [-0.4, -0.2) is 30.8 Å². The standard InChI is InChI=1S/C28H36N4O2/c1-2-3-5-10-27-30-26(16-13-21-8-6-4-7-9-21)31-32(27)20-22-11-14-23(15-12-22)25-19-29-18-17-24(25)28(33)34/h11-12,14-15,17-19,21H,2-10,13,16,20H2,1H3,(H,33,34). The molecule has 0 bridgehead atoms. The maximum atomic E-state index is 11.6. The molecule has 0 unspecified atom stereocenters. The largest absolute Gasteiger partial charge is 0.478 e. The Bertz CT molecular complexity index is 1070. The predicted molar refractivity (Wildman–Crippen MR) is 134 cm³/mol. The number of aromatic nitrogens is 4. The number of unbranched alkanes of at least 4 members (excludes halogenated alkanes) is 2. The van der Waals surface area contributed by atoms with E-state index in [4.69, 9.17) is 10.1 Å². The fourth-order valence-corrected chi connectivity index (χ4v) is 4.96. The summed E-state index contributed by atoms with van der Waals surface area (Å²) in [6.45, 7) is 2.90. The highest BCUT2D eigenvalue weighted by Gasteiger charge is 2.16. The number of pyridine rings is 1. The van der Waals surface area contributed by atoms with Gasteiger partial charge in [0.15, 0.2) is 5.82 Å². The molecule has 1 aromatic carbocycles. The Labute approximate surface area is 202 Å². The molecule has 2 heterocycles. The van der Waals surface area contributed by atoms with Crippen molar-refractivity contribution in [1.29, 1.82) is 0 Å². The third-order valence-corrected chi connectivity index (χ3v) is 6.95. The summed E-state index contributed by atoms with van der Waals surface area (Å²) in [7, 11) is 0. The van der Waals surface area contributed by atoms with E-state index >= 15 is 0 Å². The average Bonchev–Trinajstić information content (AvgIpc) is 3.25. The quantitative estimate of drug-likeness (QED) is 0.338. The van der Waals surface area contributed by atoms with Crippen molar-refractivity contribution in [1.82, 2.24) is 19.7 Å². The fourth-order valence-electron chi connectivity index (χ4n) is 4.96. The second-order valence-electron chi connectivity index (χ2n) is 9.53. The van der Waals surface area contributed by atoms with E-state index in [9.17, 15) is 9.90 Å². The normalized spacial score (nSPS) is 14.4. The molecule has 1 N–H and O–H groups in total. The van der Waals surface area contributed by atoms with Gasteiger partial charge in [-0.05, 0) is 36.0 Å². The topological polar surface area (TPSA) is 80.9 Å². The number of benzene rings is 1.